The Morgan fingerprint density at radius 3 is 2.58 bits per heavy atom. The maximum absolute atomic E-state index is 12.1. The molecule has 0 radical (unpaired) electrons. The summed E-state index contributed by atoms with van der Waals surface area (Å²) in [5, 5.41) is 4.81. The average Bonchev–Trinajstić information content (AvgIpc) is 2.29. The number of hydrogen-bond acceptors (Lipinski definition) is 4. The molecule has 1 aromatic carbocycles. The summed E-state index contributed by atoms with van der Waals surface area (Å²) in [6, 6.07) is 5.02. The molecule has 19 heavy (non-hydrogen) atoms. The van der Waals surface area contributed by atoms with Crippen LogP contribution in [0.1, 0.15) is 18.9 Å². The molecule has 0 atom stereocenters. The molecular formula is C12H20ClN3O2S. The summed E-state index contributed by atoms with van der Waals surface area (Å²) in [5.74, 6) is 0. The van der Waals surface area contributed by atoms with Crippen LogP contribution in [-0.2, 0) is 16.6 Å². The van der Waals surface area contributed by atoms with Crippen LogP contribution in [0, 0.1) is 0 Å². The third kappa shape index (κ3) is 5.08. The van der Waals surface area contributed by atoms with Crippen LogP contribution in [0.3, 0.4) is 0 Å². The summed E-state index contributed by atoms with van der Waals surface area (Å²) in [6.07, 6.45) is 1.03. The van der Waals surface area contributed by atoms with Crippen LogP contribution < -0.4 is 10.1 Å². The number of hydrogen-bond donors (Lipinski definition) is 2. The van der Waals surface area contributed by atoms with Crippen molar-refractivity contribution in [3.63, 3.8) is 0 Å². The zero-order valence-corrected chi connectivity index (χ0v) is 13.0. The smallest absolute Gasteiger partial charge is 0.254 e. The number of hydrazine groups is 1. The van der Waals surface area contributed by atoms with Gasteiger partial charge in [0.15, 0.2) is 0 Å². The van der Waals surface area contributed by atoms with E-state index in [9.17, 15) is 8.42 Å². The molecule has 2 N–H and O–H groups in total. The standard InChI is InChI=1S/C12H20ClN3O2S/c1-4-7-14-9-10-5-6-11(13)12(8-10)19(17,18)15-16(2)3/h5-6,8,14-15H,4,7,9H2,1-3H3. The molecular weight excluding hydrogens is 286 g/mol. The Kier molecular flexibility index (Phi) is 6.22. The molecule has 0 aliphatic rings. The van der Waals surface area contributed by atoms with E-state index in [1.807, 2.05) is 6.07 Å². The summed E-state index contributed by atoms with van der Waals surface area (Å²) in [6.45, 7) is 3.59. The fourth-order valence-electron chi connectivity index (χ4n) is 1.56. The molecule has 0 saturated carbocycles. The van der Waals surface area contributed by atoms with Gasteiger partial charge in [0.2, 0.25) is 0 Å². The number of nitrogens with one attached hydrogen (secondary N) is 2. The van der Waals surface area contributed by atoms with Crippen molar-refractivity contribution in [2.45, 2.75) is 24.8 Å². The van der Waals surface area contributed by atoms with Gasteiger partial charge >= 0.3 is 0 Å². The van der Waals surface area contributed by atoms with Gasteiger partial charge in [0.05, 0.1) is 5.02 Å². The van der Waals surface area contributed by atoms with Gasteiger partial charge in [0.25, 0.3) is 10.0 Å². The highest BCUT2D eigenvalue weighted by Crippen LogP contribution is 2.22. The highest BCUT2D eigenvalue weighted by molar-refractivity contribution is 7.89. The van der Waals surface area contributed by atoms with Crippen molar-refractivity contribution in [2.24, 2.45) is 0 Å². The third-order valence-corrected chi connectivity index (χ3v) is 4.31. The molecule has 0 unspecified atom stereocenters. The Labute approximate surface area is 120 Å². The van der Waals surface area contributed by atoms with Gasteiger partial charge < -0.3 is 5.32 Å². The molecule has 0 heterocycles. The average molecular weight is 306 g/mol. The van der Waals surface area contributed by atoms with E-state index in [0.29, 0.717) is 6.54 Å². The minimum absolute atomic E-state index is 0.0960. The van der Waals surface area contributed by atoms with E-state index < -0.39 is 10.0 Å². The van der Waals surface area contributed by atoms with Gasteiger partial charge in [-0.05, 0) is 30.7 Å². The van der Waals surface area contributed by atoms with E-state index >= 15 is 0 Å². The highest BCUT2D eigenvalue weighted by Gasteiger charge is 2.19. The van der Waals surface area contributed by atoms with E-state index in [1.54, 1.807) is 26.2 Å². The van der Waals surface area contributed by atoms with E-state index in [-0.39, 0.29) is 9.92 Å². The lowest BCUT2D eigenvalue weighted by Crippen LogP contribution is -2.36. The van der Waals surface area contributed by atoms with Gasteiger partial charge in [-0.25, -0.2) is 13.4 Å². The van der Waals surface area contributed by atoms with Crippen LogP contribution in [-0.4, -0.2) is 34.1 Å². The topological polar surface area (TPSA) is 61.4 Å². The number of sulfonamides is 1. The van der Waals surface area contributed by atoms with Crippen molar-refractivity contribution in [1.82, 2.24) is 15.2 Å². The molecule has 1 aromatic rings. The molecule has 0 aromatic heterocycles. The van der Waals surface area contributed by atoms with E-state index in [4.69, 9.17) is 11.6 Å². The Morgan fingerprint density at radius 2 is 2.00 bits per heavy atom. The summed E-state index contributed by atoms with van der Waals surface area (Å²) >= 11 is 5.97. The predicted molar refractivity (Wildman–Crippen MR) is 77.5 cm³/mol. The summed E-state index contributed by atoms with van der Waals surface area (Å²) in [4.78, 5) is 2.47. The summed E-state index contributed by atoms with van der Waals surface area (Å²) in [5.41, 5.74) is 0.886. The lowest BCUT2D eigenvalue weighted by Gasteiger charge is -2.14. The van der Waals surface area contributed by atoms with Crippen molar-refractivity contribution in [3.05, 3.63) is 28.8 Å². The molecule has 0 saturated heterocycles. The highest BCUT2D eigenvalue weighted by atomic mass is 35.5. The predicted octanol–water partition coefficient (Wildman–Crippen LogP) is 1.59. The molecule has 0 spiro atoms. The fraction of sp³-hybridized carbons (Fsp3) is 0.500. The van der Waals surface area contributed by atoms with Crippen molar-refractivity contribution < 1.29 is 8.42 Å². The van der Waals surface area contributed by atoms with E-state index in [0.717, 1.165) is 18.5 Å². The van der Waals surface area contributed by atoms with Gasteiger partial charge in [0.1, 0.15) is 4.90 Å². The minimum Gasteiger partial charge on any atom is -0.313 e. The van der Waals surface area contributed by atoms with Crippen molar-refractivity contribution in [2.75, 3.05) is 20.6 Å². The first kappa shape index (κ1) is 16.4. The third-order valence-electron chi connectivity index (χ3n) is 2.34. The first-order chi connectivity index (χ1) is 8.86. The monoisotopic (exact) mass is 305 g/mol. The Bertz CT molecular complexity index is 518. The van der Waals surface area contributed by atoms with Crippen LogP contribution in [0.15, 0.2) is 23.1 Å². The Balaban J connectivity index is 2.97. The largest absolute Gasteiger partial charge is 0.313 e. The van der Waals surface area contributed by atoms with Gasteiger partial charge in [-0.2, -0.15) is 0 Å². The molecule has 1 rings (SSSR count). The van der Waals surface area contributed by atoms with E-state index in [2.05, 4.69) is 17.1 Å². The number of nitrogens with zero attached hydrogens (tertiary/aromatic N) is 1. The number of halogens is 1. The van der Waals surface area contributed by atoms with Crippen molar-refractivity contribution in [1.29, 1.82) is 0 Å². The molecule has 0 bridgehead atoms. The first-order valence-corrected chi connectivity index (χ1v) is 7.92. The molecule has 108 valence electrons. The van der Waals surface area contributed by atoms with Crippen molar-refractivity contribution in [3.8, 4) is 0 Å². The normalized spacial score (nSPS) is 12.1. The number of rotatable bonds is 7. The van der Waals surface area contributed by atoms with Crippen LogP contribution in [0.25, 0.3) is 0 Å². The number of benzene rings is 1. The van der Waals surface area contributed by atoms with Gasteiger partial charge in [-0.3, -0.25) is 0 Å². The minimum atomic E-state index is -3.63. The Morgan fingerprint density at radius 1 is 1.32 bits per heavy atom. The zero-order valence-electron chi connectivity index (χ0n) is 11.4. The quantitative estimate of drug-likeness (QED) is 0.593. The molecule has 5 nitrogen and oxygen atoms in total. The molecule has 0 aliphatic carbocycles. The van der Waals surface area contributed by atoms with Crippen molar-refractivity contribution >= 4 is 21.6 Å². The lowest BCUT2D eigenvalue weighted by molar-refractivity contribution is 0.364. The van der Waals surface area contributed by atoms with Crippen LogP contribution >= 0.6 is 11.6 Å². The fourth-order valence-corrected chi connectivity index (χ4v) is 3.20. The Hall–Kier alpha value is -0.660. The maximum atomic E-state index is 12.1. The molecule has 0 fully saturated rings. The van der Waals surface area contributed by atoms with Crippen LogP contribution in [0.5, 0.6) is 0 Å². The van der Waals surface area contributed by atoms with Crippen LogP contribution in [0.2, 0.25) is 5.02 Å². The zero-order chi connectivity index (χ0) is 14.5. The van der Waals surface area contributed by atoms with Gasteiger partial charge in [0, 0.05) is 20.6 Å². The van der Waals surface area contributed by atoms with Gasteiger partial charge in [-0.1, -0.05) is 24.6 Å². The van der Waals surface area contributed by atoms with Crippen LogP contribution in [0.4, 0.5) is 0 Å². The second-order valence-corrected chi connectivity index (χ2v) is 6.47. The summed E-state index contributed by atoms with van der Waals surface area (Å²) in [7, 11) is -0.409. The first-order valence-electron chi connectivity index (χ1n) is 6.05. The lowest BCUT2D eigenvalue weighted by atomic mass is 10.2. The second kappa shape index (κ2) is 7.21. The van der Waals surface area contributed by atoms with E-state index in [1.165, 1.54) is 5.01 Å². The maximum Gasteiger partial charge on any atom is 0.254 e. The molecule has 0 aliphatic heterocycles. The molecule has 7 heteroatoms. The SMILES string of the molecule is CCCNCc1ccc(Cl)c(S(=O)(=O)NN(C)C)c1. The second-order valence-electron chi connectivity index (χ2n) is 4.43. The summed E-state index contributed by atoms with van der Waals surface area (Å²) < 4.78 is 24.2. The molecule has 0 amide bonds. The van der Waals surface area contributed by atoms with Gasteiger partial charge in [-0.15, -0.1) is 4.83 Å².